The monoisotopic (exact) mass is 312 g/mol. The van der Waals surface area contributed by atoms with Crippen LogP contribution in [0.25, 0.3) is 0 Å². The molecule has 0 fully saturated rings. The minimum Gasteiger partial charge on any atom is -0.316 e. The molecule has 2 nitrogen and oxygen atoms in total. The summed E-state index contributed by atoms with van der Waals surface area (Å²) in [6, 6.07) is 0. The van der Waals surface area contributed by atoms with Crippen molar-refractivity contribution in [2.24, 2.45) is 5.92 Å². The molecular weight excluding hydrogens is 283 g/mol. The second kappa shape index (κ2) is 7.08. The molecule has 0 radical (unpaired) electrons. The van der Waals surface area contributed by atoms with E-state index in [2.05, 4.69) is 13.8 Å². The fraction of sp³-hybridized carbons (Fsp3) is 1.00. The van der Waals surface area contributed by atoms with Crippen LogP contribution >= 0.6 is 17.1 Å². The Morgan fingerprint density at radius 3 is 1.67 bits per heavy atom. The largest absolute Gasteiger partial charge is 0.316 e. The van der Waals surface area contributed by atoms with E-state index < -0.39 is 5.69 Å². The molecule has 0 aliphatic heterocycles. The Labute approximate surface area is 123 Å². The van der Waals surface area contributed by atoms with E-state index in [4.69, 9.17) is 20.9 Å². The van der Waals surface area contributed by atoms with Gasteiger partial charge in [-0.2, -0.15) is 0 Å². The van der Waals surface area contributed by atoms with Crippen molar-refractivity contribution in [2.45, 2.75) is 73.0 Å². The molecule has 0 rings (SSSR count). The number of hydrogen-bond donors (Lipinski definition) is 0. The number of rotatable bonds is 6. The molecule has 0 unspecified atom stereocenters. The van der Waals surface area contributed by atoms with Crippen LogP contribution in [0.5, 0.6) is 0 Å². The molecule has 0 saturated carbocycles. The van der Waals surface area contributed by atoms with Crippen LogP contribution in [-0.2, 0) is 20.9 Å². The maximum atomic E-state index is 6.05. The lowest BCUT2D eigenvalue weighted by Crippen LogP contribution is -2.22. The molecular formula is C13H29O2PS2. The zero-order valence-electron chi connectivity index (χ0n) is 13.1. The fourth-order valence-electron chi connectivity index (χ4n) is 1.14. The lowest BCUT2D eigenvalue weighted by molar-refractivity contribution is 0.0795. The third kappa shape index (κ3) is 10.8. The van der Waals surface area contributed by atoms with Crippen LogP contribution in [0.15, 0.2) is 0 Å². The highest BCUT2D eigenvalue weighted by molar-refractivity contribution is 8.67. The van der Waals surface area contributed by atoms with Crippen LogP contribution in [0.3, 0.4) is 0 Å². The van der Waals surface area contributed by atoms with E-state index in [0.717, 1.165) is 12.2 Å². The summed E-state index contributed by atoms with van der Waals surface area (Å²) in [5, 5.41) is 0. The van der Waals surface area contributed by atoms with Gasteiger partial charge in [-0.15, -0.1) is 0 Å². The summed E-state index contributed by atoms with van der Waals surface area (Å²) >= 11 is 7.37. The molecule has 0 saturated heterocycles. The maximum absolute atomic E-state index is 6.05. The van der Waals surface area contributed by atoms with Gasteiger partial charge in [-0.05, 0) is 65.7 Å². The summed E-state index contributed by atoms with van der Waals surface area (Å²) < 4.78 is 12.1. The standard InChI is InChI=1S/C13H29O2PS2/c1-11(2)9-10-18-16(17,14-12(3,4)5)15-13(6,7)8/h11H,9-10H2,1-8H3. The summed E-state index contributed by atoms with van der Waals surface area (Å²) in [5.41, 5.74) is -2.79. The molecule has 0 bridgehead atoms. The SMILES string of the molecule is CC(C)CCSP(=S)(OC(C)(C)C)OC(C)(C)C. The second-order valence-electron chi connectivity index (χ2n) is 6.87. The van der Waals surface area contributed by atoms with Gasteiger partial charge in [0.2, 0.25) is 5.69 Å². The van der Waals surface area contributed by atoms with Crippen molar-refractivity contribution in [1.82, 2.24) is 0 Å². The van der Waals surface area contributed by atoms with Gasteiger partial charge in [0.05, 0.1) is 11.2 Å². The van der Waals surface area contributed by atoms with E-state index in [1.54, 1.807) is 11.4 Å². The maximum Gasteiger partial charge on any atom is 0.248 e. The highest BCUT2D eigenvalue weighted by atomic mass is 32.9. The normalized spacial score (nSPS) is 14.3. The van der Waals surface area contributed by atoms with Crippen molar-refractivity contribution in [3.05, 3.63) is 0 Å². The van der Waals surface area contributed by atoms with Gasteiger partial charge in [0.1, 0.15) is 0 Å². The molecule has 5 heteroatoms. The van der Waals surface area contributed by atoms with Crippen LogP contribution in [0.4, 0.5) is 0 Å². The van der Waals surface area contributed by atoms with Crippen LogP contribution in [0, 0.1) is 5.92 Å². The van der Waals surface area contributed by atoms with Crippen LogP contribution in [0.2, 0.25) is 0 Å². The molecule has 110 valence electrons. The Kier molecular flexibility index (Phi) is 7.44. The Morgan fingerprint density at radius 1 is 1.00 bits per heavy atom. The van der Waals surface area contributed by atoms with Gasteiger partial charge in [0.25, 0.3) is 0 Å². The quantitative estimate of drug-likeness (QED) is 0.592. The van der Waals surface area contributed by atoms with Crippen LogP contribution in [0.1, 0.15) is 61.8 Å². The summed E-state index contributed by atoms with van der Waals surface area (Å²) in [6.45, 7) is 16.6. The molecule has 18 heavy (non-hydrogen) atoms. The third-order valence-corrected chi connectivity index (χ3v) is 7.33. The Hall–Kier alpha value is 0.920. The molecule has 0 aromatic carbocycles. The molecule has 0 heterocycles. The van der Waals surface area contributed by atoms with Crippen molar-refractivity contribution in [1.29, 1.82) is 0 Å². The Balaban J connectivity index is 4.66. The van der Waals surface area contributed by atoms with E-state index in [1.807, 2.05) is 41.5 Å². The average molecular weight is 312 g/mol. The minimum absolute atomic E-state index is 0.258. The molecule has 0 aliphatic carbocycles. The first-order valence-electron chi connectivity index (χ1n) is 6.49. The van der Waals surface area contributed by atoms with Gasteiger partial charge < -0.3 is 9.05 Å². The van der Waals surface area contributed by atoms with Crippen molar-refractivity contribution in [3.63, 3.8) is 0 Å². The summed E-state index contributed by atoms with van der Waals surface area (Å²) in [7, 11) is 0. The van der Waals surface area contributed by atoms with Crippen molar-refractivity contribution in [2.75, 3.05) is 5.75 Å². The molecule has 0 amide bonds. The van der Waals surface area contributed by atoms with Gasteiger partial charge in [0, 0.05) is 5.75 Å². The van der Waals surface area contributed by atoms with Crippen molar-refractivity contribution >= 4 is 28.9 Å². The average Bonchev–Trinajstić information content (AvgIpc) is 1.93. The lowest BCUT2D eigenvalue weighted by Gasteiger charge is -2.34. The first-order valence-corrected chi connectivity index (χ1v) is 10.7. The van der Waals surface area contributed by atoms with E-state index in [9.17, 15) is 0 Å². The minimum atomic E-state index is -2.27. The third-order valence-electron chi connectivity index (χ3n) is 1.72. The molecule has 0 aromatic heterocycles. The summed E-state index contributed by atoms with van der Waals surface area (Å²) in [6.07, 6.45) is 1.14. The predicted octanol–water partition coefficient (Wildman–Crippen LogP) is 5.62. The first kappa shape index (κ1) is 18.9. The summed E-state index contributed by atoms with van der Waals surface area (Å²) in [4.78, 5) is 0. The van der Waals surface area contributed by atoms with Gasteiger partial charge >= 0.3 is 0 Å². The van der Waals surface area contributed by atoms with E-state index in [1.165, 1.54) is 0 Å². The van der Waals surface area contributed by atoms with Gasteiger partial charge in [-0.1, -0.05) is 25.2 Å². The zero-order chi connectivity index (χ0) is 14.6. The molecule has 0 spiro atoms. The zero-order valence-corrected chi connectivity index (χ0v) is 15.6. The smallest absolute Gasteiger partial charge is 0.248 e. The lowest BCUT2D eigenvalue weighted by atomic mass is 10.2. The van der Waals surface area contributed by atoms with E-state index in [0.29, 0.717) is 5.92 Å². The highest BCUT2D eigenvalue weighted by Gasteiger charge is 2.31. The van der Waals surface area contributed by atoms with Crippen LogP contribution < -0.4 is 0 Å². The highest BCUT2D eigenvalue weighted by Crippen LogP contribution is 2.65. The predicted molar refractivity (Wildman–Crippen MR) is 87.9 cm³/mol. The van der Waals surface area contributed by atoms with Gasteiger partial charge in [-0.25, -0.2) is 0 Å². The van der Waals surface area contributed by atoms with Crippen molar-refractivity contribution < 1.29 is 9.05 Å². The molecule has 0 aliphatic rings. The van der Waals surface area contributed by atoms with Gasteiger partial charge in [0.15, 0.2) is 0 Å². The van der Waals surface area contributed by atoms with E-state index >= 15 is 0 Å². The summed E-state index contributed by atoms with van der Waals surface area (Å²) in [5.74, 6) is 1.69. The number of hydrogen-bond acceptors (Lipinski definition) is 4. The second-order valence-corrected chi connectivity index (χ2v) is 13.1. The topological polar surface area (TPSA) is 18.5 Å². The Bertz CT molecular complexity index is 270. The first-order chi connectivity index (χ1) is 7.83. The molecule has 0 aromatic rings. The fourth-order valence-corrected chi connectivity index (χ4v) is 8.08. The van der Waals surface area contributed by atoms with Gasteiger partial charge in [-0.3, -0.25) is 0 Å². The van der Waals surface area contributed by atoms with E-state index in [-0.39, 0.29) is 11.2 Å². The molecule has 0 atom stereocenters. The Morgan fingerprint density at radius 2 is 1.39 bits per heavy atom. The van der Waals surface area contributed by atoms with Crippen LogP contribution in [-0.4, -0.2) is 17.0 Å². The van der Waals surface area contributed by atoms with Crippen molar-refractivity contribution in [3.8, 4) is 0 Å². The molecule has 0 N–H and O–H groups in total.